The standard InChI is InChI=1S/C14H21NO5/c1-18-9-4-5-10(12(8-9)19-2)14(17)11(15)6-7-13(16)20-3/h4-5,8,11,14,17H,6-7,15H2,1-3H3. The topological polar surface area (TPSA) is 91.0 Å². The van der Waals surface area contributed by atoms with E-state index in [0.717, 1.165) is 0 Å². The summed E-state index contributed by atoms with van der Waals surface area (Å²) in [6.07, 6.45) is -0.448. The fraction of sp³-hybridized carbons (Fsp3) is 0.500. The Hall–Kier alpha value is -1.79. The molecule has 0 aromatic heterocycles. The molecule has 0 spiro atoms. The van der Waals surface area contributed by atoms with E-state index in [1.807, 2.05) is 0 Å². The maximum atomic E-state index is 11.1. The van der Waals surface area contributed by atoms with Crippen molar-refractivity contribution in [2.75, 3.05) is 21.3 Å². The number of esters is 1. The summed E-state index contributed by atoms with van der Waals surface area (Å²) in [5.74, 6) is 0.764. The normalized spacial score (nSPS) is 13.4. The van der Waals surface area contributed by atoms with Gasteiger partial charge in [0.15, 0.2) is 0 Å². The molecular weight excluding hydrogens is 262 g/mol. The summed E-state index contributed by atoms with van der Waals surface area (Å²) in [5, 5.41) is 10.3. The molecule has 0 heterocycles. The Morgan fingerprint density at radius 3 is 2.55 bits per heavy atom. The summed E-state index contributed by atoms with van der Waals surface area (Å²) in [6, 6.07) is 4.50. The van der Waals surface area contributed by atoms with Gasteiger partial charge in [-0.2, -0.15) is 0 Å². The van der Waals surface area contributed by atoms with Gasteiger partial charge in [-0.3, -0.25) is 4.79 Å². The number of hydrogen-bond donors (Lipinski definition) is 2. The zero-order valence-electron chi connectivity index (χ0n) is 12.0. The molecule has 2 unspecified atom stereocenters. The third-order valence-electron chi connectivity index (χ3n) is 3.07. The highest BCUT2D eigenvalue weighted by Gasteiger charge is 2.21. The van der Waals surface area contributed by atoms with Crippen molar-refractivity contribution in [3.05, 3.63) is 23.8 Å². The van der Waals surface area contributed by atoms with Gasteiger partial charge in [0, 0.05) is 24.1 Å². The van der Waals surface area contributed by atoms with Crippen molar-refractivity contribution in [1.29, 1.82) is 0 Å². The van der Waals surface area contributed by atoms with Gasteiger partial charge in [0.05, 0.1) is 27.4 Å². The van der Waals surface area contributed by atoms with Gasteiger partial charge in [0.25, 0.3) is 0 Å². The third kappa shape index (κ3) is 4.11. The third-order valence-corrected chi connectivity index (χ3v) is 3.07. The van der Waals surface area contributed by atoms with Crippen molar-refractivity contribution in [3.8, 4) is 11.5 Å². The van der Waals surface area contributed by atoms with Crippen molar-refractivity contribution in [3.63, 3.8) is 0 Å². The van der Waals surface area contributed by atoms with Crippen molar-refractivity contribution < 1.29 is 24.1 Å². The van der Waals surface area contributed by atoms with Crippen LogP contribution >= 0.6 is 0 Å². The molecule has 0 aliphatic rings. The van der Waals surface area contributed by atoms with E-state index in [2.05, 4.69) is 4.74 Å². The SMILES string of the molecule is COC(=O)CCC(N)C(O)c1ccc(OC)cc1OC. The lowest BCUT2D eigenvalue weighted by Gasteiger charge is -2.21. The maximum Gasteiger partial charge on any atom is 0.305 e. The quantitative estimate of drug-likeness (QED) is 0.726. The Bertz CT molecular complexity index is 449. The predicted molar refractivity (Wildman–Crippen MR) is 73.7 cm³/mol. The number of carbonyl (C=O) groups excluding carboxylic acids is 1. The van der Waals surface area contributed by atoms with E-state index in [9.17, 15) is 9.90 Å². The molecule has 1 rings (SSSR count). The molecule has 0 bridgehead atoms. The highest BCUT2D eigenvalue weighted by molar-refractivity contribution is 5.69. The summed E-state index contributed by atoms with van der Waals surface area (Å²) in [5.41, 5.74) is 6.46. The number of hydrogen-bond acceptors (Lipinski definition) is 6. The van der Waals surface area contributed by atoms with E-state index in [0.29, 0.717) is 23.5 Å². The van der Waals surface area contributed by atoms with Gasteiger partial charge in [-0.15, -0.1) is 0 Å². The number of aliphatic hydroxyl groups is 1. The minimum atomic E-state index is -0.930. The largest absolute Gasteiger partial charge is 0.497 e. The molecule has 0 amide bonds. The van der Waals surface area contributed by atoms with Crippen LogP contribution in [0.2, 0.25) is 0 Å². The summed E-state index contributed by atoms with van der Waals surface area (Å²) in [7, 11) is 4.37. The Morgan fingerprint density at radius 2 is 2.00 bits per heavy atom. The van der Waals surface area contributed by atoms with Crippen LogP contribution in [0.15, 0.2) is 18.2 Å². The van der Waals surface area contributed by atoms with Gasteiger partial charge in [0.2, 0.25) is 0 Å². The number of nitrogens with two attached hydrogens (primary N) is 1. The first kappa shape index (κ1) is 16.3. The molecule has 0 aliphatic carbocycles. The predicted octanol–water partition coefficient (Wildman–Crippen LogP) is 1.02. The van der Waals surface area contributed by atoms with Crippen molar-refractivity contribution in [1.82, 2.24) is 0 Å². The minimum Gasteiger partial charge on any atom is -0.497 e. The van der Waals surface area contributed by atoms with Gasteiger partial charge in [0.1, 0.15) is 11.5 Å². The Labute approximate surface area is 118 Å². The highest BCUT2D eigenvalue weighted by atomic mass is 16.5. The molecule has 6 heteroatoms. The second kappa shape index (κ2) is 7.72. The fourth-order valence-electron chi connectivity index (χ4n) is 1.84. The van der Waals surface area contributed by atoms with E-state index in [1.54, 1.807) is 25.3 Å². The summed E-state index contributed by atoms with van der Waals surface area (Å²) < 4.78 is 14.9. The molecule has 3 N–H and O–H groups in total. The first-order valence-electron chi connectivity index (χ1n) is 6.25. The second-order valence-corrected chi connectivity index (χ2v) is 4.33. The zero-order chi connectivity index (χ0) is 15.1. The van der Waals surface area contributed by atoms with E-state index in [4.69, 9.17) is 15.2 Å². The van der Waals surface area contributed by atoms with E-state index >= 15 is 0 Å². The Balaban J connectivity index is 2.79. The molecule has 0 saturated carbocycles. The van der Waals surface area contributed by atoms with Crippen LogP contribution in [0.4, 0.5) is 0 Å². The van der Waals surface area contributed by atoms with Crippen molar-refractivity contribution >= 4 is 5.97 Å². The fourth-order valence-corrected chi connectivity index (χ4v) is 1.84. The van der Waals surface area contributed by atoms with Crippen LogP contribution in [-0.4, -0.2) is 38.4 Å². The lowest BCUT2D eigenvalue weighted by molar-refractivity contribution is -0.140. The van der Waals surface area contributed by atoms with Crippen LogP contribution in [0, 0.1) is 0 Å². The first-order chi connectivity index (χ1) is 9.53. The maximum absolute atomic E-state index is 11.1. The number of aliphatic hydroxyl groups excluding tert-OH is 1. The molecule has 6 nitrogen and oxygen atoms in total. The second-order valence-electron chi connectivity index (χ2n) is 4.33. The van der Waals surface area contributed by atoms with E-state index in [1.165, 1.54) is 14.2 Å². The summed E-state index contributed by atoms with van der Waals surface area (Å²) in [6.45, 7) is 0. The molecule has 0 aliphatic heterocycles. The number of carbonyl (C=O) groups is 1. The molecule has 0 radical (unpaired) electrons. The number of benzene rings is 1. The average Bonchev–Trinajstić information content (AvgIpc) is 2.50. The van der Waals surface area contributed by atoms with Gasteiger partial charge >= 0.3 is 5.97 Å². The van der Waals surface area contributed by atoms with E-state index < -0.39 is 12.1 Å². The summed E-state index contributed by atoms with van der Waals surface area (Å²) in [4.78, 5) is 11.1. The van der Waals surface area contributed by atoms with Gasteiger partial charge < -0.3 is 25.1 Å². The van der Waals surface area contributed by atoms with Gasteiger partial charge in [-0.1, -0.05) is 0 Å². The van der Waals surface area contributed by atoms with Crippen LogP contribution < -0.4 is 15.2 Å². The van der Waals surface area contributed by atoms with Crippen molar-refractivity contribution in [2.45, 2.75) is 25.0 Å². The molecule has 112 valence electrons. The zero-order valence-corrected chi connectivity index (χ0v) is 12.0. The monoisotopic (exact) mass is 283 g/mol. The molecule has 20 heavy (non-hydrogen) atoms. The minimum absolute atomic E-state index is 0.160. The molecule has 1 aromatic carbocycles. The molecule has 0 saturated heterocycles. The summed E-state index contributed by atoms with van der Waals surface area (Å²) >= 11 is 0. The average molecular weight is 283 g/mol. The van der Waals surface area contributed by atoms with Crippen LogP contribution in [0.5, 0.6) is 11.5 Å². The van der Waals surface area contributed by atoms with Crippen molar-refractivity contribution in [2.24, 2.45) is 5.73 Å². The Kier molecular flexibility index (Phi) is 6.27. The Morgan fingerprint density at radius 1 is 1.30 bits per heavy atom. The lowest BCUT2D eigenvalue weighted by Crippen LogP contribution is -2.29. The van der Waals surface area contributed by atoms with Crippen LogP contribution in [-0.2, 0) is 9.53 Å². The van der Waals surface area contributed by atoms with Gasteiger partial charge in [-0.05, 0) is 18.6 Å². The number of methoxy groups -OCH3 is 3. The van der Waals surface area contributed by atoms with Crippen LogP contribution in [0.3, 0.4) is 0 Å². The number of ether oxygens (including phenoxy) is 3. The van der Waals surface area contributed by atoms with Crippen LogP contribution in [0.25, 0.3) is 0 Å². The first-order valence-corrected chi connectivity index (χ1v) is 6.25. The highest BCUT2D eigenvalue weighted by Crippen LogP contribution is 2.31. The van der Waals surface area contributed by atoms with Gasteiger partial charge in [-0.25, -0.2) is 0 Å². The van der Waals surface area contributed by atoms with E-state index in [-0.39, 0.29) is 12.4 Å². The number of rotatable bonds is 7. The molecule has 1 aromatic rings. The molecule has 2 atom stereocenters. The lowest BCUT2D eigenvalue weighted by atomic mass is 9.98. The smallest absolute Gasteiger partial charge is 0.305 e. The molecular formula is C14H21NO5. The van der Waals surface area contributed by atoms with Crippen LogP contribution in [0.1, 0.15) is 24.5 Å². The molecule has 0 fully saturated rings.